The zero-order chi connectivity index (χ0) is 13.0. The fourth-order valence-electron chi connectivity index (χ4n) is 2.79. The van der Waals surface area contributed by atoms with Gasteiger partial charge in [0.2, 0.25) is 5.91 Å². The minimum atomic E-state index is -0.202. The van der Waals surface area contributed by atoms with E-state index in [1.807, 2.05) is 18.2 Å². The van der Waals surface area contributed by atoms with Gasteiger partial charge in [0, 0.05) is 12.3 Å². The van der Waals surface area contributed by atoms with Crippen molar-refractivity contribution in [3.8, 4) is 5.75 Å². The predicted molar refractivity (Wildman–Crippen MR) is 71.3 cm³/mol. The highest BCUT2D eigenvalue weighted by Crippen LogP contribution is 2.33. The average molecular weight is 247 g/mol. The van der Waals surface area contributed by atoms with E-state index in [1.54, 1.807) is 0 Å². The monoisotopic (exact) mass is 247 g/mol. The molecule has 0 aromatic heterocycles. The molecular weight excluding hydrogens is 226 g/mol. The number of carbonyl (C=O) groups excluding carboxylic acids is 1. The van der Waals surface area contributed by atoms with Crippen molar-refractivity contribution in [2.45, 2.75) is 32.6 Å². The van der Waals surface area contributed by atoms with Crippen LogP contribution in [-0.2, 0) is 11.2 Å². The summed E-state index contributed by atoms with van der Waals surface area (Å²) >= 11 is 0. The number of rotatable bonds is 5. The number of carbonyl (C=O) groups is 1. The summed E-state index contributed by atoms with van der Waals surface area (Å²) in [5.41, 5.74) is 6.59. The standard InChI is InChI=1S/C15H21NO2/c1-2-5-11(9-15(16)17)13-8-12-6-3-4-7-14(12)18-10-13/h3-4,6-7,11,13H,2,5,8-10H2,1H3,(H2,16,17). The third-order valence-corrected chi connectivity index (χ3v) is 3.70. The molecule has 0 bridgehead atoms. The molecular formula is C15H21NO2. The van der Waals surface area contributed by atoms with Gasteiger partial charge in [0.15, 0.2) is 0 Å². The fourth-order valence-corrected chi connectivity index (χ4v) is 2.79. The van der Waals surface area contributed by atoms with Crippen molar-refractivity contribution < 1.29 is 9.53 Å². The fraction of sp³-hybridized carbons (Fsp3) is 0.533. The number of para-hydroxylation sites is 1. The second kappa shape index (κ2) is 5.89. The van der Waals surface area contributed by atoms with Gasteiger partial charge in [0.25, 0.3) is 0 Å². The first-order chi connectivity index (χ1) is 8.70. The SMILES string of the molecule is CCCC(CC(N)=O)C1COc2ccccc2C1. The zero-order valence-electron chi connectivity index (χ0n) is 10.9. The highest BCUT2D eigenvalue weighted by Gasteiger charge is 2.27. The summed E-state index contributed by atoms with van der Waals surface area (Å²) in [5.74, 6) is 1.54. The molecule has 2 unspecified atom stereocenters. The van der Waals surface area contributed by atoms with Gasteiger partial charge in [-0.25, -0.2) is 0 Å². The Morgan fingerprint density at radius 3 is 3.00 bits per heavy atom. The first-order valence-corrected chi connectivity index (χ1v) is 6.69. The Morgan fingerprint density at radius 2 is 2.28 bits per heavy atom. The molecule has 1 aromatic carbocycles. The van der Waals surface area contributed by atoms with E-state index in [0.717, 1.165) is 25.0 Å². The lowest BCUT2D eigenvalue weighted by molar-refractivity contribution is -0.119. The molecule has 18 heavy (non-hydrogen) atoms. The first-order valence-electron chi connectivity index (χ1n) is 6.69. The van der Waals surface area contributed by atoms with Crippen molar-refractivity contribution in [1.29, 1.82) is 0 Å². The number of hydrogen-bond acceptors (Lipinski definition) is 2. The second-order valence-corrected chi connectivity index (χ2v) is 5.10. The van der Waals surface area contributed by atoms with Crippen LogP contribution in [0.4, 0.5) is 0 Å². The summed E-state index contributed by atoms with van der Waals surface area (Å²) in [4.78, 5) is 11.2. The van der Waals surface area contributed by atoms with Crippen LogP contribution in [0.5, 0.6) is 5.75 Å². The maximum Gasteiger partial charge on any atom is 0.217 e. The third-order valence-electron chi connectivity index (χ3n) is 3.70. The highest BCUT2D eigenvalue weighted by molar-refractivity contribution is 5.74. The molecule has 2 rings (SSSR count). The van der Waals surface area contributed by atoms with Crippen molar-refractivity contribution in [1.82, 2.24) is 0 Å². The normalized spacial score (nSPS) is 19.7. The number of nitrogens with two attached hydrogens (primary N) is 1. The van der Waals surface area contributed by atoms with Crippen molar-refractivity contribution in [2.24, 2.45) is 17.6 Å². The molecule has 0 spiro atoms. The van der Waals surface area contributed by atoms with E-state index >= 15 is 0 Å². The number of benzene rings is 1. The molecule has 2 N–H and O–H groups in total. The second-order valence-electron chi connectivity index (χ2n) is 5.10. The Kier molecular flexibility index (Phi) is 4.24. The molecule has 1 amide bonds. The molecule has 98 valence electrons. The summed E-state index contributed by atoms with van der Waals surface area (Å²) in [7, 11) is 0. The summed E-state index contributed by atoms with van der Waals surface area (Å²) in [6.45, 7) is 2.85. The molecule has 3 nitrogen and oxygen atoms in total. The van der Waals surface area contributed by atoms with Crippen LogP contribution in [0.25, 0.3) is 0 Å². The Bertz CT molecular complexity index is 417. The maximum atomic E-state index is 11.2. The van der Waals surface area contributed by atoms with Crippen LogP contribution in [0.1, 0.15) is 31.7 Å². The molecule has 0 saturated heterocycles. The molecule has 0 radical (unpaired) electrons. The lowest BCUT2D eigenvalue weighted by atomic mass is 9.81. The Labute approximate surface area is 108 Å². The Balaban J connectivity index is 2.07. The molecule has 0 saturated carbocycles. The Morgan fingerprint density at radius 1 is 1.50 bits per heavy atom. The van der Waals surface area contributed by atoms with Crippen LogP contribution in [0, 0.1) is 11.8 Å². The van der Waals surface area contributed by atoms with E-state index in [-0.39, 0.29) is 5.91 Å². The molecule has 1 aliphatic rings. The lowest BCUT2D eigenvalue weighted by Crippen LogP contribution is -2.31. The molecule has 2 atom stereocenters. The number of hydrogen-bond donors (Lipinski definition) is 1. The van der Waals surface area contributed by atoms with Gasteiger partial charge in [-0.3, -0.25) is 4.79 Å². The van der Waals surface area contributed by atoms with E-state index in [9.17, 15) is 4.79 Å². The van der Waals surface area contributed by atoms with Crippen molar-refractivity contribution in [2.75, 3.05) is 6.61 Å². The van der Waals surface area contributed by atoms with Gasteiger partial charge in [0.1, 0.15) is 5.75 Å². The molecule has 1 aliphatic heterocycles. The van der Waals surface area contributed by atoms with Crippen LogP contribution in [-0.4, -0.2) is 12.5 Å². The van der Waals surface area contributed by atoms with E-state index < -0.39 is 0 Å². The molecule has 3 heteroatoms. The van der Waals surface area contributed by atoms with Crippen LogP contribution < -0.4 is 10.5 Å². The van der Waals surface area contributed by atoms with Crippen molar-refractivity contribution in [3.05, 3.63) is 29.8 Å². The van der Waals surface area contributed by atoms with Gasteiger partial charge in [-0.2, -0.15) is 0 Å². The van der Waals surface area contributed by atoms with E-state index in [2.05, 4.69) is 13.0 Å². The van der Waals surface area contributed by atoms with Gasteiger partial charge in [-0.15, -0.1) is 0 Å². The van der Waals surface area contributed by atoms with Crippen LogP contribution >= 0.6 is 0 Å². The summed E-state index contributed by atoms with van der Waals surface area (Å²) < 4.78 is 5.79. The van der Waals surface area contributed by atoms with Gasteiger partial charge in [-0.1, -0.05) is 31.5 Å². The molecule has 0 aliphatic carbocycles. The topological polar surface area (TPSA) is 52.3 Å². The van der Waals surface area contributed by atoms with Crippen LogP contribution in [0.15, 0.2) is 24.3 Å². The zero-order valence-corrected chi connectivity index (χ0v) is 10.9. The summed E-state index contributed by atoms with van der Waals surface area (Å²) in [5, 5.41) is 0. The van der Waals surface area contributed by atoms with Crippen LogP contribution in [0.3, 0.4) is 0 Å². The first kappa shape index (κ1) is 12.9. The molecule has 1 heterocycles. The van der Waals surface area contributed by atoms with Gasteiger partial charge in [0.05, 0.1) is 6.61 Å². The number of ether oxygens (including phenoxy) is 1. The van der Waals surface area contributed by atoms with Gasteiger partial charge < -0.3 is 10.5 Å². The minimum Gasteiger partial charge on any atom is -0.493 e. The van der Waals surface area contributed by atoms with E-state index in [0.29, 0.717) is 24.9 Å². The van der Waals surface area contributed by atoms with E-state index in [1.165, 1.54) is 5.56 Å². The van der Waals surface area contributed by atoms with Gasteiger partial charge in [-0.05, 0) is 30.4 Å². The quantitative estimate of drug-likeness (QED) is 0.869. The molecule has 0 fully saturated rings. The van der Waals surface area contributed by atoms with Crippen LogP contribution in [0.2, 0.25) is 0 Å². The average Bonchev–Trinajstić information content (AvgIpc) is 2.37. The number of amides is 1. The van der Waals surface area contributed by atoms with Crippen molar-refractivity contribution in [3.63, 3.8) is 0 Å². The Hall–Kier alpha value is -1.51. The molecule has 1 aromatic rings. The predicted octanol–water partition coefficient (Wildman–Crippen LogP) is 2.53. The summed E-state index contributed by atoms with van der Waals surface area (Å²) in [6, 6.07) is 8.14. The van der Waals surface area contributed by atoms with E-state index in [4.69, 9.17) is 10.5 Å². The lowest BCUT2D eigenvalue weighted by Gasteiger charge is -2.31. The highest BCUT2D eigenvalue weighted by atomic mass is 16.5. The smallest absolute Gasteiger partial charge is 0.217 e. The van der Waals surface area contributed by atoms with Crippen molar-refractivity contribution >= 4 is 5.91 Å². The summed E-state index contributed by atoms with van der Waals surface area (Å²) in [6.07, 6.45) is 3.59. The largest absolute Gasteiger partial charge is 0.493 e. The minimum absolute atomic E-state index is 0.202. The third kappa shape index (κ3) is 3.03. The number of fused-ring (bicyclic) bond motifs is 1. The maximum absolute atomic E-state index is 11.2. The number of primary amides is 1. The van der Waals surface area contributed by atoms with Gasteiger partial charge >= 0.3 is 0 Å².